The van der Waals surface area contributed by atoms with Crippen molar-refractivity contribution in [3.8, 4) is 11.1 Å². The molecule has 20 heavy (non-hydrogen) atoms. The molecule has 2 aromatic rings. The Labute approximate surface area is 127 Å². The van der Waals surface area contributed by atoms with Gasteiger partial charge in [-0.2, -0.15) is 0 Å². The summed E-state index contributed by atoms with van der Waals surface area (Å²) in [6.45, 7) is 0.712. The van der Waals surface area contributed by atoms with Gasteiger partial charge in [0, 0.05) is 18.2 Å². The van der Waals surface area contributed by atoms with Gasteiger partial charge in [0.2, 0.25) is 0 Å². The molecule has 1 saturated carbocycles. The highest BCUT2D eigenvalue weighted by atomic mass is 35.5. The van der Waals surface area contributed by atoms with E-state index in [2.05, 4.69) is 5.32 Å². The monoisotopic (exact) mass is 309 g/mol. The zero-order chi connectivity index (χ0) is 14.1. The van der Waals surface area contributed by atoms with Gasteiger partial charge in [0.25, 0.3) is 0 Å². The van der Waals surface area contributed by atoms with Crippen LogP contribution in [0.4, 0.5) is 4.39 Å². The third-order valence-corrected chi connectivity index (χ3v) is 4.18. The summed E-state index contributed by atoms with van der Waals surface area (Å²) in [6.07, 6.45) is 2.45. The Morgan fingerprint density at radius 1 is 1.05 bits per heavy atom. The van der Waals surface area contributed by atoms with Crippen molar-refractivity contribution < 1.29 is 4.39 Å². The van der Waals surface area contributed by atoms with Gasteiger partial charge >= 0.3 is 0 Å². The lowest BCUT2D eigenvalue weighted by Crippen LogP contribution is -2.15. The summed E-state index contributed by atoms with van der Waals surface area (Å²) in [4.78, 5) is 0. The second-order valence-electron chi connectivity index (χ2n) is 5.10. The zero-order valence-electron chi connectivity index (χ0n) is 10.8. The first kappa shape index (κ1) is 13.9. The number of hydrogen-bond acceptors (Lipinski definition) is 1. The summed E-state index contributed by atoms with van der Waals surface area (Å²) in [5, 5.41) is 4.28. The standard InChI is InChI=1S/C16H14Cl2FN/c17-14-6-2-11(8-15(14)18)13-5-1-10(7-16(13)19)9-20-12-3-4-12/h1-2,5-8,12,20H,3-4,9H2. The molecule has 104 valence electrons. The molecule has 0 saturated heterocycles. The van der Waals surface area contributed by atoms with Crippen molar-refractivity contribution in [2.75, 3.05) is 0 Å². The van der Waals surface area contributed by atoms with Gasteiger partial charge in [0.1, 0.15) is 5.82 Å². The van der Waals surface area contributed by atoms with Gasteiger partial charge in [-0.25, -0.2) is 4.39 Å². The fourth-order valence-corrected chi connectivity index (χ4v) is 2.41. The number of benzene rings is 2. The fourth-order valence-electron chi connectivity index (χ4n) is 2.12. The van der Waals surface area contributed by atoms with E-state index >= 15 is 0 Å². The molecule has 0 unspecified atom stereocenters. The molecule has 4 heteroatoms. The highest BCUT2D eigenvalue weighted by Gasteiger charge is 2.20. The second kappa shape index (κ2) is 5.72. The number of rotatable bonds is 4. The van der Waals surface area contributed by atoms with Gasteiger partial charge in [0.15, 0.2) is 0 Å². The Hall–Kier alpha value is -1.09. The van der Waals surface area contributed by atoms with Gasteiger partial charge in [0.05, 0.1) is 10.0 Å². The van der Waals surface area contributed by atoms with Crippen molar-refractivity contribution in [1.82, 2.24) is 5.32 Å². The Morgan fingerprint density at radius 3 is 2.50 bits per heavy atom. The Morgan fingerprint density at radius 2 is 1.85 bits per heavy atom. The smallest absolute Gasteiger partial charge is 0.131 e. The Bertz CT molecular complexity index is 638. The van der Waals surface area contributed by atoms with E-state index in [1.807, 2.05) is 6.07 Å². The minimum absolute atomic E-state index is 0.238. The van der Waals surface area contributed by atoms with Crippen LogP contribution < -0.4 is 5.32 Å². The summed E-state index contributed by atoms with van der Waals surface area (Å²) in [5.41, 5.74) is 2.23. The summed E-state index contributed by atoms with van der Waals surface area (Å²) >= 11 is 11.9. The summed E-state index contributed by atoms with van der Waals surface area (Å²) < 4.78 is 14.2. The molecule has 0 heterocycles. The first-order chi connectivity index (χ1) is 9.63. The van der Waals surface area contributed by atoms with Crippen LogP contribution in [-0.4, -0.2) is 6.04 Å². The highest BCUT2D eigenvalue weighted by molar-refractivity contribution is 6.42. The first-order valence-corrected chi connectivity index (χ1v) is 7.36. The van der Waals surface area contributed by atoms with E-state index in [1.54, 1.807) is 30.3 Å². The third-order valence-electron chi connectivity index (χ3n) is 3.44. The summed E-state index contributed by atoms with van der Waals surface area (Å²) in [5.74, 6) is -0.238. The molecule has 0 aliphatic heterocycles. The van der Waals surface area contributed by atoms with Crippen molar-refractivity contribution in [2.24, 2.45) is 0 Å². The molecular formula is C16H14Cl2FN. The quantitative estimate of drug-likeness (QED) is 0.833. The van der Waals surface area contributed by atoms with Crippen molar-refractivity contribution in [3.05, 3.63) is 57.8 Å². The highest BCUT2D eigenvalue weighted by Crippen LogP contribution is 2.30. The molecule has 3 rings (SSSR count). The second-order valence-corrected chi connectivity index (χ2v) is 5.91. The lowest BCUT2D eigenvalue weighted by molar-refractivity contribution is 0.623. The van der Waals surface area contributed by atoms with E-state index in [-0.39, 0.29) is 5.82 Å². The normalized spacial score (nSPS) is 14.6. The van der Waals surface area contributed by atoms with E-state index in [0.29, 0.717) is 28.2 Å². The molecule has 0 atom stereocenters. The van der Waals surface area contributed by atoms with Crippen LogP contribution in [0.2, 0.25) is 10.0 Å². The zero-order valence-corrected chi connectivity index (χ0v) is 12.3. The largest absolute Gasteiger partial charge is 0.310 e. The van der Waals surface area contributed by atoms with Gasteiger partial charge in [-0.15, -0.1) is 0 Å². The van der Waals surface area contributed by atoms with Gasteiger partial charge in [-0.05, 0) is 42.2 Å². The van der Waals surface area contributed by atoms with Crippen LogP contribution in [0.25, 0.3) is 11.1 Å². The van der Waals surface area contributed by atoms with Crippen molar-refractivity contribution >= 4 is 23.2 Å². The molecule has 1 nitrogen and oxygen atoms in total. The Balaban J connectivity index is 1.83. The van der Waals surface area contributed by atoms with Crippen LogP contribution in [-0.2, 0) is 6.54 Å². The molecule has 0 aromatic heterocycles. The molecule has 0 amide bonds. The molecule has 0 radical (unpaired) electrons. The van der Waals surface area contributed by atoms with Crippen LogP contribution in [0.1, 0.15) is 18.4 Å². The third kappa shape index (κ3) is 3.14. The van der Waals surface area contributed by atoms with Crippen LogP contribution >= 0.6 is 23.2 Å². The molecule has 1 N–H and O–H groups in total. The Kier molecular flexibility index (Phi) is 3.97. The molecule has 1 aliphatic carbocycles. The van der Waals surface area contributed by atoms with Crippen molar-refractivity contribution in [2.45, 2.75) is 25.4 Å². The maximum Gasteiger partial charge on any atom is 0.131 e. The molecule has 0 bridgehead atoms. The molecular weight excluding hydrogens is 296 g/mol. The summed E-state index contributed by atoms with van der Waals surface area (Å²) in [6, 6.07) is 11.1. The van der Waals surface area contributed by atoms with E-state index in [4.69, 9.17) is 23.2 Å². The van der Waals surface area contributed by atoms with Crippen LogP contribution in [0.5, 0.6) is 0 Å². The van der Waals surface area contributed by atoms with Crippen molar-refractivity contribution in [1.29, 1.82) is 0 Å². The van der Waals surface area contributed by atoms with Crippen LogP contribution in [0.3, 0.4) is 0 Å². The first-order valence-electron chi connectivity index (χ1n) is 6.61. The van der Waals surface area contributed by atoms with E-state index in [1.165, 1.54) is 12.8 Å². The molecule has 1 fully saturated rings. The molecule has 0 spiro atoms. The SMILES string of the molecule is Fc1cc(CNC2CC2)ccc1-c1ccc(Cl)c(Cl)c1. The van der Waals surface area contributed by atoms with E-state index < -0.39 is 0 Å². The van der Waals surface area contributed by atoms with E-state index in [9.17, 15) is 4.39 Å². The average molecular weight is 310 g/mol. The number of halogens is 3. The lowest BCUT2D eigenvalue weighted by atomic mass is 10.0. The maximum atomic E-state index is 14.2. The fraction of sp³-hybridized carbons (Fsp3) is 0.250. The van der Waals surface area contributed by atoms with Crippen LogP contribution in [0, 0.1) is 5.82 Å². The number of hydrogen-bond donors (Lipinski definition) is 1. The van der Waals surface area contributed by atoms with Crippen molar-refractivity contribution in [3.63, 3.8) is 0 Å². The minimum atomic E-state index is -0.238. The van der Waals surface area contributed by atoms with Gasteiger partial charge in [-0.1, -0.05) is 41.4 Å². The minimum Gasteiger partial charge on any atom is -0.310 e. The lowest BCUT2D eigenvalue weighted by Gasteiger charge is -2.08. The predicted octanol–water partition coefficient (Wildman–Crippen LogP) is 5.05. The number of nitrogens with one attached hydrogen (secondary N) is 1. The average Bonchev–Trinajstić information content (AvgIpc) is 3.24. The maximum absolute atomic E-state index is 14.2. The van der Waals surface area contributed by atoms with Gasteiger partial charge < -0.3 is 5.32 Å². The van der Waals surface area contributed by atoms with Crippen LogP contribution in [0.15, 0.2) is 36.4 Å². The topological polar surface area (TPSA) is 12.0 Å². The van der Waals surface area contributed by atoms with E-state index in [0.717, 1.165) is 11.1 Å². The molecule has 2 aromatic carbocycles. The summed E-state index contributed by atoms with van der Waals surface area (Å²) in [7, 11) is 0. The molecule has 1 aliphatic rings. The predicted molar refractivity (Wildman–Crippen MR) is 81.7 cm³/mol. The van der Waals surface area contributed by atoms with Gasteiger partial charge in [-0.3, -0.25) is 0 Å².